The van der Waals surface area contributed by atoms with Crippen LogP contribution in [0.2, 0.25) is 0 Å². The van der Waals surface area contributed by atoms with E-state index in [-0.39, 0.29) is 18.2 Å². The quantitative estimate of drug-likeness (QED) is 0.774. The predicted molar refractivity (Wildman–Crippen MR) is 95.2 cm³/mol. The van der Waals surface area contributed by atoms with Crippen LogP contribution in [0.1, 0.15) is 47.5 Å². The number of carbonyl (C=O) groups excluding carboxylic acids is 2. The van der Waals surface area contributed by atoms with E-state index in [1.807, 2.05) is 20.8 Å². The molecule has 140 valence electrons. The first-order valence-corrected chi connectivity index (χ1v) is 8.99. The van der Waals surface area contributed by atoms with Gasteiger partial charge in [-0.15, -0.1) is 0 Å². The van der Waals surface area contributed by atoms with Gasteiger partial charge >= 0.3 is 12.1 Å². The molecule has 1 rings (SSSR count). The molecule has 7 nitrogen and oxygen atoms in total. The third-order valence-electron chi connectivity index (χ3n) is 4.06. The van der Waals surface area contributed by atoms with Gasteiger partial charge in [-0.2, -0.15) is 0 Å². The molecule has 0 atom stereocenters. The van der Waals surface area contributed by atoms with Gasteiger partial charge in [0.25, 0.3) is 0 Å². The summed E-state index contributed by atoms with van der Waals surface area (Å²) < 4.78 is 5.39. The maximum Gasteiger partial charge on any atom is 0.410 e. The summed E-state index contributed by atoms with van der Waals surface area (Å²) in [5, 5.41) is 5.86. The Morgan fingerprint density at radius 3 is 2.17 bits per heavy atom. The van der Waals surface area contributed by atoms with Gasteiger partial charge in [0.05, 0.1) is 0 Å². The van der Waals surface area contributed by atoms with E-state index in [9.17, 15) is 9.59 Å². The molecule has 1 aliphatic heterocycles. The first-order valence-electron chi connectivity index (χ1n) is 8.99. The van der Waals surface area contributed by atoms with Gasteiger partial charge in [-0.25, -0.2) is 9.59 Å². The van der Waals surface area contributed by atoms with Gasteiger partial charge in [0.1, 0.15) is 5.60 Å². The van der Waals surface area contributed by atoms with E-state index < -0.39 is 5.60 Å². The number of nitrogens with one attached hydrogen (secondary N) is 2. The smallest absolute Gasteiger partial charge is 0.410 e. The van der Waals surface area contributed by atoms with E-state index in [4.69, 9.17) is 4.74 Å². The van der Waals surface area contributed by atoms with Gasteiger partial charge in [0.15, 0.2) is 0 Å². The Morgan fingerprint density at radius 1 is 1.08 bits per heavy atom. The van der Waals surface area contributed by atoms with Crippen LogP contribution in [0.4, 0.5) is 9.59 Å². The van der Waals surface area contributed by atoms with E-state index in [1.54, 1.807) is 4.90 Å². The zero-order valence-corrected chi connectivity index (χ0v) is 15.9. The van der Waals surface area contributed by atoms with Crippen LogP contribution in [0, 0.1) is 0 Å². The molecule has 1 fully saturated rings. The molecule has 3 amide bonds. The highest BCUT2D eigenvalue weighted by atomic mass is 16.6. The Labute approximate surface area is 146 Å². The van der Waals surface area contributed by atoms with Crippen molar-refractivity contribution in [3.8, 4) is 0 Å². The van der Waals surface area contributed by atoms with Gasteiger partial charge in [-0.3, -0.25) is 4.90 Å². The van der Waals surface area contributed by atoms with E-state index in [2.05, 4.69) is 29.4 Å². The van der Waals surface area contributed by atoms with Gasteiger partial charge in [-0.05, 0) is 33.6 Å². The van der Waals surface area contributed by atoms with E-state index >= 15 is 0 Å². The fourth-order valence-electron chi connectivity index (χ4n) is 2.54. The molecule has 0 radical (unpaired) electrons. The van der Waals surface area contributed by atoms with Crippen molar-refractivity contribution in [1.29, 1.82) is 0 Å². The topological polar surface area (TPSA) is 73.9 Å². The number of hydrogen-bond acceptors (Lipinski definition) is 4. The molecule has 1 heterocycles. The van der Waals surface area contributed by atoms with E-state index in [0.717, 1.165) is 32.5 Å². The summed E-state index contributed by atoms with van der Waals surface area (Å²) in [6, 6.07) is 0.137. The summed E-state index contributed by atoms with van der Waals surface area (Å²) in [5.74, 6) is 0. The molecule has 1 saturated heterocycles. The molecule has 0 aromatic carbocycles. The number of carbonyl (C=O) groups is 2. The van der Waals surface area contributed by atoms with Crippen LogP contribution in [-0.4, -0.2) is 72.8 Å². The molecule has 24 heavy (non-hydrogen) atoms. The number of nitrogens with zero attached hydrogens (tertiary/aromatic N) is 2. The number of ether oxygens (including phenoxy) is 1. The zero-order chi connectivity index (χ0) is 18.2. The van der Waals surface area contributed by atoms with Gasteiger partial charge in [0, 0.05) is 45.3 Å². The standard InChI is InChI=1S/C17H34N4O3/c1-6-14(7-2)19-15(22)18-8-9-20-10-12-21(13-11-20)16(23)24-17(3,4)5/h14H,6-13H2,1-5H3,(H2,18,19,22). The Hall–Kier alpha value is -1.50. The average Bonchev–Trinajstić information content (AvgIpc) is 2.51. The minimum Gasteiger partial charge on any atom is -0.444 e. The van der Waals surface area contributed by atoms with Crippen molar-refractivity contribution >= 4 is 12.1 Å². The third-order valence-corrected chi connectivity index (χ3v) is 4.06. The third kappa shape index (κ3) is 7.86. The van der Waals surface area contributed by atoms with Crippen molar-refractivity contribution in [2.45, 2.75) is 59.1 Å². The molecule has 2 N–H and O–H groups in total. The molecule has 1 aliphatic rings. The van der Waals surface area contributed by atoms with E-state index in [0.29, 0.717) is 19.6 Å². The maximum absolute atomic E-state index is 12.0. The summed E-state index contributed by atoms with van der Waals surface area (Å²) in [6.07, 6.45) is 1.64. The molecule has 0 aromatic rings. The van der Waals surface area contributed by atoms with Crippen LogP contribution in [-0.2, 0) is 4.74 Å². The lowest BCUT2D eigenvalue weighted by Crippen LogP contribution is -2.52. The average molecular weight is 342 g/mol. The fourth-order valence-corrected chi connectivity index (χ4v) is 2.54. The van der Waals surface area contributed by atoms with Crippen LogP contribution >= 0.6 is 0 Å². The number of urea groups is 1. The molecule has 0 aliphatic carbocycles. The zero-order valence-electron chi connectivity index (χ0n) is 15.9. The van der Waals surface area contributed by atoms with Crippen LogP contribution in [0.15, 0.2) is 0 Å². The SMILES string of the molecule is CCC(CC)NC(=O)NCCN1CCN(C(=O)OC(C)(C)C)CC1. The van der Waals surface area contributed by atoms with Gasteiger partial charge in [-0.1, -0.05) is 13.8 Å². The second-order valence-electron chi connectivity index (χ2n) is 7.22. The first-order chi connectivity index (χ1) is 11.2. The fraction of sp³-hybridized carbons (Fsp3) is 0.882. The predicted octanol–water partition coefficient (Wildman–Crippen LogP) is 2.03. The normalized spacial score (nSPS) is 16.2. The monoisotopic (exact) mass is 342 g/mol. The van der Waals surface area contributed by atoms with Crippen molar-refractivity contribution in [3.63, 3.8) is 0 Å². The Kier molecular flexibility index (Phi) is 8.31. The molecule has 0 bridgehead atoms. The largest absolute Gasteiger partial charge is 0.444 e. The van der Waals surface area contributed by atoms with Crippen molar-refractivity contribution in [2.24, 2.45) is 0 Å². The highest BCUT2D eigenvalue weighted by Crippen LogP contribution is 2.11. The van der Waals surface area contributed by atoms with Gasteiger partial charge < -0.3 is 20.3 Å². The summed E-state index contributed by atoms with van der Waals surface area (Å²) >= 11 is 0. The van der Waals surface area contributed by atoms with Crippen LogP contribution < -0.4 is 10.6 Å². The Morgan fingerprint density at radius 2 is 1.67 bits per heavy atom. The van der Waals surface area contributed by atoms with E-state index in [1.165, 1.54) is 0 Å². The van der Waals surface area contributed by atoms with Crippen molar-refractivity contribution < 1.29 is 14.3 Å². The summed E-state index contributed by atoms with van der Waals surface area (Å²) in [6.45, 7) is 14.1. The highest BCUT2D eigenvalue weighted by molar-refractivity contribution is 5.74. The minimum absolute atomic E-state index is 0.101. The lowest BCUT2D eigenvalue weighted by molar-refractivity contribution is 0.0147. The number of piperazine rings is 1. The lowest BCUT2D eigenvalue weighted by Gasteiger charge is -2.35. The molecule has 0 spiro atoms. The number of rotatable bonds is 6. The summed E-state index contributed by atoms with van der Waals surface area (Å²) in [5.41, 5.74) is -0.458. The molecular weight excluding hydrogens is 308 g/mol. The summed E-state index contributed by atoms with van der Waals surface area (Å²) in [4.78, 5) is 27.8. The first kappa shape index (κ1) is 20.5. The lowest BCUT2D eigenvalue weighted by atomic mass is 10.2. The molecule has 0 saturated carbocycles. The second-order valence-corrected chi connectivity index (χ2v) is 7.22. The Balaban J connectivity index is 2.20. The van der Waals surface area contributed by atoms with Crippen molar-refractivity contribution in [2.75, 3.05) is 39.3 Å². The van der Waals surface area contributed by atoms with Crippen LogP contribution in [0.5, 0.6) is 0 Å². The van der Waals surface area contributed by atoms with Crippen LogP contribution in [0.3, 0.4) is 0 Å². The summed E-state index contributed by atoms with van der Waals surface area (Å²) in [7, 11) is 0. The Bertz CT molecular complexity index is 397. The molecule has 0 aromatic heterocycles. The number of hydrogen-bond donors (Lipinski definition) is 2. The second kappa shape index (κ2) is 9.71. The molecule has 0 unspecified atom stereocenters. The van der Waals surface area contributed by atoms with Gasteiger partial charge in [0.2, 0.25) is 0 Å². The van der Waals surface area contributed by atoms with Crippen molar-refractivity contribution in [3.05, 3.63) is 0 Å². The molecular formula is C17H34N4O3. The molecule has 7 heteroatoms. The highest BCUT2D eigenvalue weighted by Gasteiger charge is 2.25. The minimum atomic E-state index is -0.458. The van der Waals surface area contributed by atoms with Crippen molar-refractivity contribution in [1.82, 2.24) is 20.4 Å². The number of amides is 3. The maximum atomic E-state index is 12.0. The van der Waals surface area contributed by atoms with Crippen LogP contribution in [0.25, 0.3) is 0 Å².